The minimum absolute atomic E-state index is 0.0452. The molecule has 10 heteroatoms. The van der Waals surface area contributed by atoms with Gasteiger partial charge in [-0.15, -0.1) is 10.2 Å². The van der Waals surface area contributed by atoms with Crippen molar-refractivity contribution < 1.29 is 14.3 Å². The summed E-state index contributed by atoms with van der Waals surface area (Å²) in [6, 6.07) is 18.1. The standard InChI is InChI=1S/C36H39N7O3/c1-36(13-14-36)35(45)40-32(34(44)39-26-10-8-23(9-11-26)33-41-38-21-42(33)2)29-5-3-4-22-6-7-24(16-30(22)29)25-12-15-37-31(17-25)43-19-28-18-27(43)20-46-28/h6-12,15-17,21,27-29,32H,3-5,13-14,18-20H2,1-2H3,(H,39,44)(H,40,45)/t27-,28-,29-,32+/m1/s1. The number of nitrogens with one attached hydrogen (secondary N) is 2. The van der Waals surface area contributed by atoms with Gasteiger partial charge in [0.25, 0.3) is 0 Å². The number of ether oxygens (including phenoxy) is 1. The number of fused-ring (bicyclic) bond motifs is 3. The van der Waals surface area contributed by atoms with Crippen LogP contribution in [0.2, 0.25) is 0 Å². The molecule has 1 saturated carbocycles. The SMILES string of the molecule is Cn1cnnc1-c1ccc(NC(=O)[C@@H](NC(=O)C2(C)CC2)[C@@H]2CCCc3ccc(-c4ccnc(N5C[C@H]6C[C@@H]5CO6)c4)cc32)cc1. The van der Waals surface area contributed by atoms with E-state index < -0.39 is 11.5 Å². The Bertz CT molecular complexity index is 1800. The Balaban J connectivity index is 1.08. The van der Waals surface area contributed by atoms with Crippen molar-refractivity contribution in [3.63, 3.8) is 0 Å². The lowest BCUT2D eigenvalue weighted by atomic mass is 9.77. The van der Waals surface area contributed by atoms with Gasteiger partial charge in [-0.25, -0.2) is 4.98 Å². The molecule has 46 heavy (non-hydrogen) atoms. The lowest BCUT2D eigenvalue weighted by Gasteiger charge is -2.33. The summed E-state index contributed by atoms with van der Waals surface area (Å²) in [6.45, 7) is 3.62. The number of aromatic nitrogens is 4. The van der Waals surface area contributed by atoms with E-state index in [0.29, 0.717) is 17.8 Å². The minimum atomic E-state index is -0.703. The highest BCUT2D eigenvalue weighted by Crippen LogP contribution is 2.46. The molecule has 0 unspecified atom stereocenters. The topological polar surface area (TPSA) is 114 Å². The number of hydrogen-bond donors (Lipinski definition) is 2. The van der Waals surface area contributed by atoms with Crippen LogP contribution in [0.5, 0.6) is 0 Å². The summed E-state index contributed by atoms with van der Waals surface area (Å²) in [4.78, 5) is 34.6. The summed E-state index contributed by atoms with van der Waals surface area (Å²) < 4.78 is 7.66. The van der Waals surface area contributed by atoms with Gasteiger partial charge < -0.3 is 24.8 Å². The lowest BCUT2D eigenvalue weighted by Crippen LogP contribution is -2.50. The Hall–Kier alpha value is -4.57. The fraction of sp³-hybridized carbons (Fsp3) is 0.417. The highest BCUT2D eigenvalue weighted by atomic mass is 16.5. The van der Waals surface area contributed by atoms with Gasteiger partial charge in [-0.3, -0.25) is 9.59 Å². The smallest absolute Gasteiger partial charge is 0.247 e. The van der Waals surface area contributed by atoms with Crippen LogP contribution in [-0.2, 0) is 27.8 Å². The predicted octanol–water partition coefficient (Wildman–Crippen LogP) is 4.87. The third kappa shape index (κ3) is 5.34. The van der Waals surface area contributed by atoms with E-state index in [1.807, 2.05) is 49.0 Å². The number of hydrogen-bond acceptors (Lipinski definition) is 7. The number of pyridine rings is 1. The number of anilines is 2. The van der Waals surface area contributed by atoms with E-state index in [4.69, 9.17) is 9.72 Å². The maximum absolute atomic E-state index is 14.1. The number of benzene rings is 2. The third-order valence-electron chi connectivity index (χ3n) is 10.4. The van der Waals surface area contributed by atoms with E-state index >= 15 is 0 Å². The molecule has 2 N–H and O–H groups in total. The second-order valence-corrected chi connectivity index (χ2v) is 13.7. The van der Waals surface area contributed by atoms with Gasteiger partial charge in [0.1, 0.15) is 18.2 Å². The molecule has 10 nitrogen and oxygen atoms in total. The molecule has 4 heterocycles. The first kappa shape index (κ1) is 28.9. The average Bonchev–Trinajstić information content (AvgIpc) is 3.40. The molecule has 0 spiro atoms. The van der Waals surface area contributed by atoms with Gasteiger partial charge in [0.05, 0.1) is 18.8 Å². The molecule has 2 aliphatic heterocycles. The maximum atomic E-state index is 14.1. The second kappa shape index (κ2) is 11.3. The third-order valence-corrected chi connectivity index (χ3v) is 10.4. The molecular formula is C36H39N7O3. The molecule has 2 bridgehead atoms. The van der Waals surface area contributed by atoms with Gasteiger partial charge in [-0.2, -0.15) is 0 Å². The fourth-order valence-corrected chi connectivity index (χ4v) is 7.34. The first-order valence-electron chi connectivity index (χ1n) is 16.4. The summed E-state index contributed by atoms with van der Waals surface area (Å²) in [7, 11) is 1.89. The van der Waals surface area contributed by atoms with Gasteiger partial charge in [-0.05, 0) is 97.2 Å². The Labute approximate surface area is 268 Å². The minimum Gasteiger partial charge on any atom is -0.374 e. The molecule has 0 radical (unpaired) electrons. The normalized spacial score (nSPS) is 23.1. The quantitative estimate of drug-likeness (QED) is 0.290. The predicted molar refractivity (Wildman–Crippen MR) is 175 cm³/mol. The number of amides is 2. The molecular weight excluding hydrogens is 578 g/mol. The molecule has 2 aliphatic carbocycles. The summed E-state index contributed by atoms with van der Waals surface area (Å²) in [6.07, 6.45) is 9.32. The molecule has 4 aliphatic rings. The molecule has 8 rings (SSSR count). The zero-order valence-electron chi connectivity index (χ0n) is 26.3. The molecule has 236 valence electrons. The van der Waals surface area contributed by atoms with E-state index in [-0.39, 0.29) is 17.7 Å². The zero-order chi connectivity index (χ0) is 31.4. The van der Waals surface area contributed by atoms with Crippen molar-refractivity contribution in [2.24, 2.45) is 12.5 Å². The van der Waals surface area contributed by atoms with Crippen molar-refractivity contribution in [1.29, 1.82) is 0 Å². The van der Waals surface area contributed by atoms with Crippen molar-refractivity contribution in [1.82, 2.24) is 25.1 Å². The Morgan fingerprint density at radius 3 is 2.57 bits per heavy atom. The van der Waals surface area contributed by atoms with Gasteiger partial charge in [0, 0.05) is 42.4 Å². The van der Waals surface area contributed by atoms with Gasteiger partial charge in [0.2, 0.25) is 11.8 Å². The van der Waals surface area contributed by atoms with Crippen LogP contribution in [0.15, 0.2) is 67.1 Å². The first-order chi connectivity index (χ1) is 22.3. The number of morpholine rings is 1. The van der Waals surface area contributed by atoms with Crippen molar-refractivity contribution >= 4 is 23.3 Å². The van der Waals surface area contributed by atoms with Crippen LogP contribution in [0.4, 0.5) is 11.5 Å². The Kier molecular flexibility index (Phi) is 7.12. The van der Waals surface area contributed by atoms with Crippen molar-refractivity contribution in [2.75, 3.05) is 23.4 Å². The number of carbonyl (C=O) groups excluding carboxylic acids is 2. The molecule has 2 amide bonds. The molecule has 3 fully saturated rings. The number of carbonyl (C=O) groups is 2. The zero-order valence-corrected chi connectivity index (χ0v) is 26.3. The van der Waals surface area contributed by atoms with Crippen LogP contribution in [0.25, 0.3) is 22.5 Å². The number of nitrogens with zero attached hydrogens (tertiary/aromatic N) is 5. The summed E-state index contributed by atoms with van der Waals surface area (Å²) in [5, 5.41) is 14.5. The summed E-state index contributed by atoms with van der Waals surface area (Å²) in [5.41, 5.74) is 5.73. The van der Waals surface area contributed by atoms with E-state index in [1.54, 1.807) is 6.33 Å². The summed E-state index contributed by atoms with van der Waals surface area (Å²) >= 11 is 0. The number of rotatable bonds is 8. The van der Waals surface area contributed by atoms with Gasteiger partial charge in [-0.1, -0.05) is 25.1 Å². The summed E-state index contributed by atoms with van der Waals surface area (Å²) in [5.74, 6) is 1.33. The van der Waals surface area contributed by atoms with Crippen molar-refractivity contribution in [2.45, 2.75) is 69.6 Å². The first-order valence-corrected chi connectivity index (χ1v) is 16.4. The van der Waals surface area contributed by atoms with Gasteiger partial charge >= 0.3 is 0 Å². The van der Waals surface area contributed by atoms with Crippen LogP contribution < -0.4 is 15.5 Å². The molecule has 4 aromatic rings. The molecule has 2 aromatic heterocycles. The average molecular weight is 618 g/mol. The highest BCUT2D eigenvalue weighted by Gasteiger charge is 2.47. The van der Waals surface area contributed by atoms with E-state index in [0.717, 1.165) is 85.6 Å². The second-order valence-electron chi connectivity index (χ2n) is 13.7. The fourth-order valence-electron chi connectivity index (χ4n) is 7.34. The van der Waals surface area contributed by atoms with E-state index in [2.05, 4.69) is 56.1 Å². The lowest BCUT2D eigenvalue weighted by molar-refractivity contribution is -0.130. The largest absolute Gasteiger partial charge is 0.374 e. The Morgan fingerprint density at radius 1 is 1.04 bits per heavy atom. The monoisotopic (exact) mass is 617 g/mol. The van der Waals surface area contributed by atoms with E-state index in [9.17, 15) is 9.59 Å². The van der Waals surface area contributed by atoms with Crippen LogP contribution in [-0.4, -0.2) is 62.9 Å². The molecule has 2 aromatic carbocycles. The van der Waals surface area contributed by atoms with Crippen LogP contribution in [0.1, 0.15) is 56.1 Å². The molecule has 4 atom stereocenters. The van der Waals surface area contributed by atoms with Crippen LogP contribution in [0.3, 0.4) is 0 Å². The molecule has 2 saturated heterocycles. The highest BCUT2D eigenvalue weighted by molar-refractivity contribution is 5.99. The maximum Gasteiger partial charge on any atom is 0.247 e. The van der Waals surface area contributed by atoms with Crippen LogP contribution >= 0.6 is 0 Å². The number of aryl methyl sites for hydroxylation is 2. The van der Waals surface area contributed by atoms with E-state index in [1.165, 1.54) is 5.56 Å². The van der Waals surface area contributed by atoms with Crippen LogP contribution in [0, 0.1) is 5.41 Å². The van der Waals surface area contributed by atoms with Gasteiger partial charge in [0.15, 0.2) is 5.82 Å². The van der Waals surface area contributed by atoms with Crippen molar-refractivity contribution in [3.8, 4) is 22.5 Å². The Morgan fingerprint density at radius 2 is 1.85 bits per heavy atom. The van der Waals surface area contributed by atoms with Crippen molar-refractivity contribution in [3.05, 3.63) is 78.2 Å².